The minimum atomic E-state index is -0.849. The van der Waals surface area contributed by atoms with Crippen molar-refractivity contribution in [3.8, 4) is 0 Å². The van der Waals surface area contributed by atoms with E-state index in [4.69, 9.17) is 21.7 Å². The zero-order chi connectivity index (χ0) is 24.1. The van der Waals surface area contributed by atoms with Gasteiger partial charge in [-0.15, -0.1) is 0 Å². The van der Waals surface area contributed by atoms with Crippen LogP contribution in [0.2, 0.25) is 5.02 Å². The number of aliphatic carboxylic acids is 1. The van der Waals surface area contributed by atoms with Crippen molar-refractivity contribution in [1.82, 2.24) is 5.32 Å². The number of nitrogens with one attached hydrogen (secondary N) is 2. The van der Waals surface area contributed by atoms with E-state index in [0.717, 1.165) is 41.0 Å². The fraction of sp³-hybridized carbons (Fsp3) is 0.222. The topological polar surface area (TPSA) is 90.8 Å². The van der Waals surface area contributed by atoms with Gasteiger partial charge in [-0.2, -0.15) is 0 Å². The van der Waals surface area contributed by atoms with Gasteiger partial charge in [0.25, 0.3) is 0 Å². The van der Waals surface area contributed by atoms with E-state index in [-0.39, 0.29) is 12.3 Å². The molecule has 3 aromatic rings. The molecule has 0 aliphatic carbocycles. The second-order valence-corrected chi connectivity index (χ2v) is 8.63. The molecule has 1 amide bonds. The van der Waals surface area contributed by atoms with Crippen LogP contribution in [0.3, 0.4) is 0 Å². The Labute approximate surface area is 203 Å². The number of hydrogen-bond donors (Lipinski definition) is 3. The molecule has 174 valence electrons. The number of benzene rings is 3. The van der Waals surface area contributed by atoms with E-state index in [1.807, 2.05) is 54.6 Å². The molecule has 0 saturated carbocycles. The third-order valence-electron chi connectivity index (χ3n) is 5.74. The average molecular weight is 476 g/mol. The quantitative estimate of drug-likeness (QED) is 0.365. The van der Waals surface area contributed by atoms with Gasteiger partial charge in [-0.25, -0.2) is 0 Å². The van der Waals surface area contributed by atoms with Gasteiger partial charge in [0.1, 0.15) is 5.92 Å². The molecule has 3 N–H and O–H groups in total. The lowest BCUT2D eigenvalue weighted by Crippen LogP contribution is -2.22. The number of rotatable bonds is 9. The van der Waals surface area contributed by atoms with Crippen molar-refractivity contribution >= 4 is 40.6 Å². The van der Waals surface area contributed by atoms with Crippen LogP contribution in [0.25, 0.3) is 0 Å². The number of hydrogen-bond acceptors (Lipinski definition) is 4. The lowest BCUT2D eigenvalue weighted by Gasteiger charge is -2.15. The number of halogens is 1. The number of carboxylic acid groups (broad SMARTS) is 1. The van der Waals surface area contributed by atoms with E-state index in [2.05, 4.69) is 17.6 Å². The summed E-state index contributed by atoms with van der Waals surface area (Å²) in [6, 6.07) is 20.9. The molecule has 0 fully saturated rings. The van der Waals surface area contributed by atoms with Crippen LogP contribution in [-0.2, 0) is 22.6 Å². The molecule has 34 heavy (non-hydrogen) atoms. The molecule has 1 aliphatic heterocycles. The molecule has 0 aromatic heterocycles. The summed E-state index contributed by atoms with van der Waals surface area (Å²) in [5.41, 5.74) is 5.64. The molecule has 1 unspecified atom stereocenters. The fourth-order valence-electron chi connectivity index (χ4n) is 4.04. The summed E-state index contributed by atoms with van der Waals surface area (Å²) in [5, 5.41) is 15.8. The number of aliphatic imine (C=N–C) groups is 1. The van der Waals surface area contributed by atoms with E-state index in [1.54, 1.807) is 12.1 Å². The van der Waals surface area contributed by atoms with Gasteiger partial charge in [0.2, 0.25) is 5.91 Å². The highest BCUT2D eigenvalue weighted by Crippen LogP contribution is 2.38. The molecular formula is C27H26ClN3O3. The summed E-state index contributed by atoms with van der Waals surface area (Å²) in [6.07, 6.45) is 0.438. The number of nitrogens with zero attached hydrogens (tertiary/aromatic N) is 1. The molecule has 6 nitrogen and oxygen atoms in total. The first-order valence-electron chi connectivity index (χ1n) is 11.2. The van der Waals surface area contributed by atoms with Crippen LogP contribution in [-0.4, -0.2) is 29.2 Å². The van der Waals surface area contributed by atoms with Gasteiger partial charge in [0.15, 0.2) is 0 Å². The predicted molar refractivity (Wildman–Crippen MR) is 135 cm³/mol. The summed E-state index contributed by atoms with van der Waals surface area (Å²) < 4.78 is 0. The van der Waals surface area contributed by atoms with E-state index in [0.29, 0.717) is 22.8 Å². The number of aryl methyl sites for hydroxylation is 1. The summed E-state index contributed by atoms with van der Waals surface area (Å²) >= 11 is 6.14. The lowest BCUT2D eigenvalue weighted by molar-refractivity contribution is -0.137. The Balaban J connectivity index is 1.76. The van der Waals surface area contributed by atoms with Crippen molar-refractivity contribution in [2.45, 2.75) is 32.2 Å². The maximum atomic E-state index is 13.1. The highest BCUT2D eigenvalue weighted by atomic mass is 35.5. The van der Waals surface area contributed by atoms with Gasteiger partial charge >= 0.3 is 5.97 Å². The fourth-order valence-corrected chi connectivity index (χ4v) is 4.21. The summed E-state index contributed by atoms with van der Waals surface area (Å²) in [7, 11) is 0. The van der Waals surface area contributed by atoms with Gasteiger partial charge in [0, 0.05) is 23.7 Å². The predicted octanol–water partition coefficient (Wildman–Crippen LogP) is 5.32. The van der Waals surface area contributed by atoms with Crippen molar-refractivity contribution in [1.29, 1.82) is 0 Å². The van der Waals surface area contributed by atoms with Crippen molar-refractivity contribution in [2.75, 3.05) is 11.9 Å². The van der Waals surface area contributed by atoms with Crippen molar-refractivity contribution in [3.63, 3.8) is 0 Å². The van der Waals surface area contributed by atoms with E-state index in [9.17, 15) is 9.59 Å². The number of carbonyl (C=O) groups excluding carboxylic acids is 1. The second-order valence-electron chi connectivity index (χ2n) is 8.19. The summed E-state index contributed by atoms with van der Waals surface area (Å²) in [4.78, 5) is 29.1. The van der Waals surface area contributed by atoms with Crippen LogP contribution in [0.5, 0.6) is 0 Å². The number of amides is 1. The van der Waals surface area contributed by atoms with E-state index in [1.165, 1.54) is 0 Å². The van der Waals surface area contributed by atoms with Crippen molar-refractivity contribution in [2.24, 2.45) is 4.99 Å². The molecule has 1 atom stereocenters. The van der Waals surface area contributed by atoms with E-state index >= 15 is 0 Å². The maximum absolute atomic E-state index is 13.1. The Morgan fingerprint density at radius 2 is 1.88 bits per heavy atom. The Morgan fingerprint density at radius 1 is 1.09 bits per heavy atom. The van der Waals surface area contributed by atoms with Gasteiger partial charge in [-0.3, -0.25) is 14.6 Å². The molecule has 0 bridgehead atoms. The van der Waals surface area contributed by atoms with Crippen LogP contribution in [0.1, 0.15) is 41.5 Å². The molecule has 0 saturated heterocycles. The molecular weight excluding hydrogens is 450 g/mol. The Kier molecular flexibility index (Phi) is 7.40. The van der Waals surface area contributed by atoms with Gasteiger partial charge in [-0.1, -0.05) is 54.9 Å². The zero-order valence-electron chi connectivity index (χ0n) is 18.8. The molecule has 1 heterocycles. The van der Waals surface area contributed by atoms with Gasteiger partial charge in [-0.05, 0) is 65.6 Å². The van der Waals surface area contributed by atoms with Crippen LogP contribution >= 0.6 is 11.6 Å². The first kappa shape index (κ1) is 23.7. The highest BCUT2D eigenvalue weighted by molar-refractivity contribution is 6.31. The number of anilines is 1. The van der Waals surface area contributed by atoms with Crippen LogP contribution in [0.4, 0.5) is 11.4 Å². The molecule has 4 rings (SSSR count). The monoisotopic (exact) mass is 475 g/mol. The molecule has 0 radical (unpaired) electrons. The SMILES string of the molecule is CCNCc1ccc(N=C(c2cccc(CCC(=O)O)c2)C2C(=O)Nc3cc(Cl)ccc32)cc1. The Bertz CT molecular complexity index is 1240. The summed E-state index contributed by atoms with van der Waals surface area (Å²) in [6.45, 7) is 3.73. The summed E-state index contributed by atoms with van der Waals surface area (Å²) in [5.74, 6) is -1.63. The standard InChI is InChI=1S/C27H26ClN3O3/c1-2-29-16-18-6-10-21(11-7-18)30-26(19-5-3-4-17(14-19)8-13-24(32)33)25-22-12-9-20(28)15-23(22)31-27(25)34/h3-7,9-12,14-15,25,29H,2,8,13,16H2,1H3,(H,31,34)(H,32,33). The lowest BCUT2D eigenvalue weighted by atomic mass is 9.89. The minimum Gasteiger partial charge on any atom is -0.481 e. The number of carbonyl (C=O) groups is 2. The zero-order valence-corrected chi connectivity index (χ0v) is 19.6. The molecule has 3 aromatic carbocycles. The molecule has 7 heteroatoms. The van der Waals surface area contributed by atoms with Crippen molar-refractivity contribution in [3.05, 3.63) is 94.0 Å². The first-order valence-corrected chi connectivity index (χ1v) is 11.6. The number of carboxylic acids is 1. The normalized spacial score (nSPS) is 15.2. The highest BCUT2D eigenvalue weighted by Gasteiger charge is 2.35. The van der Waals surface area contributed by atoms with Gasteiger partial charge < -0.3 is 15.7 Å². The third kappa shape index (κ3) is 5.53. The first-order chi connectivity index (χ1) is 16.4. The largest absolute Gasteiger partial charge is 0.481 e. The van der Waals surface area contributed by atoms with Crippen LogP contribution < -0.4 is 10.6 Å². The second kappa shape index (κ2) is 10.6. The Morgan fingerprint density at radius 3 is 2.62 bits per heavy atom. The molecule has 1 aliphatic rings. The van der Waals surface area contributed by atoms with Crippen LogP contribution in [0, 0.1) is 0 Å². The molecule has 0 spiro atoms. The smallest absolute Gasteiger partial charge is 0.303 e. The third-order valence-corrected chi connectivity index (χ3v) is 5.97. The Hall–Kier alpha value is -3.48. The van der Waals surface area contributed by atoms with Crippen LogP contribution in [0.15, 0.2) is 71.7 Å². The number of fused-ring (bicyclic) bond motifs is 1. The maximum Gasteiger partial charge on any atom is 0.303 e. The minimum absolute atomic E-state index is 0.0361. The van der Waals surface area contributed by atoms with E-state index < -0.39 is 11.9 Å². The van der Waals surface area contributed by atoms with Gasteiger partial charge in [0.05, 0.1) is 11.4 Å². The van der Waals surface area contributed by atoms with Crippen molar-refractivity contribution < 1.29 is 14.7 Å². The average Bonchev–Trinajstić information content (AvgIpc) is 3.15.